The first-order valence-electron chi connectivity index (χ1n) is 4.51. The van der Waals surface area contributed by atoms with Crippen molar-refractivity contribution in [3.8, 4) is 0 Å². The summed E-state index contributed by atoms with van der Waals surface area (Å²) >= 11 is 0. The zero-order valence-electron chi connectivity index (χ0n) is 8.21. The molecule has 13 heavy (non-hydrogen) atoms. The quantitative estimate of drug-likeness (QED) is 0.531. The summed E-state index contributed by atoms with van der Waals surface area (Å²) in [5.41, 5.74) is 5.55. The van der Waals surface area contributed by atoms with Gasteiger partial charge >= 0.3 is 0 Å². The van der Waals surface area contributed by atoms with Crippen LogP contribution in [-0.4, -0.2) is 27.5 Å². The minimum absolute atomic E-state index is 0.113. The molecular weight excluding hydrogens is 190 g/mol. The molecule has 0 aliphatic heterocycles. The Balaban J connectivity index is 3.76. The zero-order valence-corrected chi connectivity index (χ0v) is 9.02. The van der Waals surface area contributed by atoms with Gasteiger partial charge in [0.05, 0.1) is 0 Å². The highest BCUT2D eigenvalue weighted by Gasteiger charge is 2.08. The molecule has 6 heteroatoms. The van der Waals surface area contributed by atoms with Crippen LogP contribution in [0.3, 0.4) is 0 Å². The Morgan fingerprint density at radius 2 is 1.92 bits per heavy atom. The van der Waals surface area contributed by atoms with Crippen LogP contribution in [0.15, 0.2) is 0 Å². The zero-order chi connectivity index (χ0) is 10.3. The molecule has 0 aromatic carbocycles. The molecule has 0 amide bonds. The molecule has 0 saturated heterocycles. The third-order valence-electron chi connectivity index (χ3n) is 1.60. The molecular formula is C7H19N3O2S. The van der Waals surface area contributed by atoms with E-state index < -0.39 is 10.2 Å². The molecule has 0 aliphatic carbocycles. The fourth-order valence-corrected chi connectivity index (χ4v) is 1.66. The summed E-state index contributed by atoms with van der Waals surface area (Å²) in [5.74, 6) is 0. The highest BCUT2D eigenvalue weighted by Crippen LogP contribution is 1.85. The first-order valence-corrected chi connectivity index (χ1v) is 6.00. The van der Waals surface area contributed by atoms with E-state index in [1.54, 1.807) is 0 Å². The van der Waals surface area contributed by atoms with Gasteiger partial charge in [0.15, 0.2) is 0 Å². The molecule has 1 unspecified atom stereocenters. The molecule has 0 aliphatic rings. The van der Waals surface area contributed by atoms with Crippen LogP contribution in [0.1, 0.15) is 26.7 Å². The van der Waals surface area contributed by atoms with Crippen LogP contribution in [0, 0.1) is 0 Å². The summed E-state index contributed by atoms with van der Waals surface area (Å²) < 4.78 is 27.0. The van der Waals surface area contributed by atoms with Gasteiger partial charge in [0.25, 0.3) is 10.2 Å². The number of nitrogens with two attached hydrogens (primary N) is 1. The van der Waals surface area contributed by atoms with Gasteiger partial charge in [0.2, 0.25) is 0 Å². The molecule has 5 nitrogen and oxygen atoms in total. The van der Waals surface area contributed by atoms with Crippen LogP contribution in [0.5, 0.6) is 0 Å². The normalized spacial score (nSPS) is 14.4. The van der Waals surface area contributed by atoms with Crippen molar-refractivity contribution in [2.45, 2.75) is 32.7 Å². The van der Waals surface area contributed by atoms with Crippen LogP contribution in [0.25, 0.3) is 0 Å². The Kier molecular flexibility index (Phi) is 6.23. The molecule has 0 heterocycles. The van der Waals surface area contributed by atoms with Crippen molar-refractivity contribution >= 4 is 10.2 Å². The Labute approximate surface area is 80.3 Å². The van der Waals surface area contributed by atoms with Crippen molar-refractivity contribution < 1.29 is 8.42 Å². The van der Waals surface area contributed by atoms with Gasteiger partial charge in [-0.15, -0.1) is 0 Å². The van der Waals surface area contributed by atoms with Crippen LogP contribution >= 0.6 is 0 Å². The lowest BCUT2D eigenvalue weighted by Crippen LogP contribution is -2.42. The topological polar surface area (TPSA) is 84.2 Å². The first-order chi connectivity index (χ1) is 6.02. The number of hydrogen-bond donors (Lipinski definition) is 3. The maximum Gasteiger partial charge on any atom is 0.276 e. The minimum atomic E-state index is -3.33. The Morgan fingerprint density at radius 1 is 1.31 bits per heavy atom. The lowest BCUT2D eigenvalue weighted by Gasteiger charge is -2.10. The van der Waals surface area contributed by atoms with Gasteiger partial charge in [0.1, 0.15) is 0 Å². The van der Waals surface area contributed by atoms with Crippen molar-refractivity contribution in [2.24, 2.45) is 5.73 Å². The van der Waals surface area contributed by atoms with E-state index in [2.05, 4.69) is 9.44 Å². The van der Waals surface area contributed by atoms with Crippen LogP contribution in [-0.2, 0) is 10.2 Å². The fourth-order valence-electron chi connectivity index (χ4n) is 0.649. The third-order valence-corrected chi connectivity index (χ3v) is 2.73. The number of hydrogen-bond acceptors (Lipinski definition) is 3. The maximum atomic E-state index is 11.1. The van der Waals surface area contributed by atoms with E-state index in [0.717, 1.165) is 12.8 Å². The molecule has 0 radical (unpaired) electrons. The predicted octanol–water partition coefficient (Wildman–Crippen LogP) is -0.442. The molecule has 4 N–H and O–H groups in total. The van der Waals surface area contributed by atoms with Crippen molar-refractivity contribution in [2.75, 3.05) is 13.1 Å². The molecule has 0 fully saturated rings. The monoisotopic (exact) mass is 209 g/mol. The van der Waals surface area contributed by atoms with Crippen molar-refractivity contribution in [3.05, 3.63) is 0 Å². The lowest BCUT2D eigenvalue weighted by molar-refractivity contribution is 0.550. The predicted molar refractivity (Wildman–Crippen MR) is 53.5 cm³/mol. The Bertz CT molecular complexity index is 216. The first kappa shape index (κ1) is 12.8. The van der Waals surface area contributed by atoms with Gasteiger partial charge in [-0.1, -0.05) is 13.8 Å². The molecule has 0 bridgehead atoms. The summed E-state index contributed by atoms with van der Waals surface area (Å²) in [7, 11) is -3.33. The molecule has 0 rings (SSSR count). The van der Waals surface area contributed by atoms with E-state index in [4.69, 9.17) is 5.73 Å². The van der Waals surface area contributed by atoms with Crippen molar-refractivity contribution in [3.63, 3.8) is 0 Å². The molecule has 80 valence electrons. The van der Waals surface area contributed by atoms with Gasteiger partial charge in [0, 0.05) is 19.1 Å². The molecule has 0 aromatic heterocycles. The van der Waals surface area contributed by atoms with Crippen LogP contribution in [0.2, 0.25) is 0 Å². The summed E-state index contributed by atoms with van der Waals surface area (Å²) in [5, 5.41) is 0. The highest BCUT2D eigenvalue weighted by molar-refractivity contribution is 7.87. The van der Waals surface area contributed by atoms with Crippen LogP contribution in [0.4, 0.5) is 0 Å². The van der Waals surface area contributed by atoms with Gasteiger partial charge in [-0.05, 0) is 12.8 Å². The average Bonchev–Trinajstić information content (AvgIpc) is 2.11. The molecule has 1 atom stereocenters. The van der Waals surface area contributed by atoms with Crippen molar-refractivity contribution in [1.29, 1.82) is 0 Å². The van der Waals surface area contributed by atoms with Gasteiger partial charge in [-0.2, -0.15) is 8.42 Å². The fraction of sp³-hybridized carbons (Fsp3) is 1.00. The highest BCUT2D eigenvalue weighted by atomic mass is 32.2. The SMILES string of the molecule is CCCNS(=O)(=O)NCC(N)CC. The third kappa shape index (κ3) is 6.94. The van der Waals surface area contributed by atoms with E-state index >= 15 is 0 Å². The second-order valence-corrected chi connectivity index (χ2v) is 4.50. The van der Waals surface area contributed by atoms with Crippen LogP contribution < -0.4 is 15.2 Å². The van der Waals surface area contributed by atoms with E-state index in [-0.39, 0.29) is 12.6 Å². The average molecular weight is 209 g/mol. The second kappa shape index (κ2) is 6.31. The largest absolute Gasteiger partial charge is 0.327 e. The Hall–Kier alpha value is -0.170. The molecule has 0 aromatic rings. The number of rotatable bonds is 7. The van der Waals surface area contributed by atoms with E-state index in [0.29, 0.717) is 6.54 Å². The maximum absolute atomic E-state index is 11.1. The van der Waals surface area contributed by atoms with Gasteiger partial charge in [-0.3, -0.25) is 0 Å². The van der Waals surface area contributed by atoms with E-state index in [9.17, 15) is 8.42 Å². The Morgan fingerprint density at radius 3 is 2.38 bits per heavy atom. The smallest absolute Gasteiger partial charge is 0.276 e. The minimum Gasteiger partial charge on any atom is -0.327 e. The van der Waals surface area contributed by atoms with E-state index in [1.165, 1.54) is 0 Å². The van der Waals surface area contributed by atoms with Gasteiger partial charge < -0.3 is 5.73 Å². The summed E-state index contributed by atoms with van der Waals surface area (Å²) in [6.07, 6.45) is 1.54. The van der Waals surface area contributed by atoms with Crippen molar-refractivity contribution in [1.82, 2.24) is 9.44 Å². The molecule has 0 spiro atoms. The summed E-state index contributed by atoms with van der Waals surface area (Å²) in [6, 6.07) is -0.113. The number of nitrogens with one attached hydrogen (secondary N) is 2. The standard InChI is InChI=1S/C7H19N3O2S/c1-3-5-9-13(11,12)10-6-7(8)4-2/h7,9-10H,3-6,8H2,1-2H3. The van der Waals surface area contributed by atoms with E-state index in [1.807, 2.05) is 13.8 Å². The second-order valence-electron chi connectivity index (χ2n) is 2.91. The lowest BCUT2D eigenvalue weighted by atomic mass is 10.2. The molecule has 0 saturated carbocycles. The van der Waals surface area contributed by atoms with Gasteiger partial charge in [-0.25, -0.2) is 9.44 Å². The summed E-state index contributed by atoms with van der Waals surface area (Å²) in [4.78, 5) is 0. The summed E-state index contributed by atoms with van der Waals surface area (Å²) in [6.45, 7) is 4.56.